The maximum atomic E-state index is 12.1. The van der Waals surface area contributed by atoms with E-state index in [-0.39, 0.29) is 17.5 Å². The fourth-order valence-corrected chi connectivity index (χ4v) is 2.45. The molecular weight excluding hydrogens is 270 g/mol. The molecule has 0 saturated carbocycles. The third kappa shape index (κ3) is 3.71. The molecule has 1 N–H and O–H groups in total. The van der Waals surface area contributed by atoms with Crippen molar-refractivity contribution in [3.05, 3.63) is 23.9 Å². The fraction of sp³-hybridized carbons (Fsp3) is 0.533. The fourth-order valence-electron chi connectivity index (χ4n) is 2.45. The van der Waals surface area contributed by atoms with Gasteiger partial charge in [-0.3, -0.25) is 4.79 Å². The lowest BCUT2D eigenvalue weighted by molar-refractivity contribution is -0.134. The van der Waals surface area contributed by atoms with E-state index in [9.17, 15) is 9.59 Å². The van der Waals surface area contributed by atoms with Crippen LogP contribution in [0.3, 0.4) is 0 Å². The van der Waals surface area contributed by atoms with E-state index in [4.69, 9.17) is 5.11 Å². The predicted octanol–water partition coefficient (Wildman–Crippen LogP) is 1.47. The van der Waals surface area contributed by atoms with Gasteiger partial charge < -0.3 is 14.9 Å². The molecule has 0 aliphatic carbocycles. The van der Waals surface area contributed by atoms with Crippen LogP contribution in [-0.2, 0) is 4.79 Å². The quantitative estimate of drug-likeness (QED) is 0.913. The van der Waals surface area contributed by atoms with Crippen molar-refractivity contribution in [2.45, 2.75) is 20.3 Å². The van der Waals surface area contributed by atoms with Gasteiger partial charge in [0.25, 0.3) is 0 Å². The van der Waals surface area contributed by atoms with Crippen molar-refractivity contribution in [3.8, 4) is 0 Å². The first-order valence-corrected chi connectivity index (χ1v) is 7.23. The van der Waals surface area contributed by atoms with Gasteiger partial charge in [0, 0.05) is 32.1 Å². The minimum Gasteiger partial charge on any atom is -0.477 e. The number of nitrogens with zero attached hydrogens (tertiary/aromatic N) is 3. The number of hydrogen-bond donors (Lipinski definition) is 1. The largest absolute Gasteiger partial charge is 0.477 e. The highest BCUT2D eigenvalue weighted by atomic mass is 16.4. The van der Waals surface area contributed by atoms with Gasteiger partial charge in [0.2, 0.25) is 5.91 Å². The van der Waals surface area contributed by atoms with Crippen molar-refractivity contribution in [2.24, 2.45) is 5.92 Å². The molecule has 114 valence electrons. The summed E-state index contributed by atoms with van der Waals surface area (Å²) in [4.78, 5) is 31.1. The molecule has 1 fully saturated rings. The van der Waals surface area contributed by atoms with E-state index in [2.05, 4.69) is 4.98 Å². The first-order chi connectivity index (χ1) is 9.99. The lowest BCUT2D eigenvalue weighted by Crippen LogP contribution is -2.37. The number of rotatable bonds is 3. The SMILES string of the molecule is CC(C)C(=O)N1CCCN(c2cccc(C(=O)O)n2)CC1. The number of pyridine rings is 1. The molecule has 0 atom stereocenters. The van der Waals surface area contributed by atoms with Crippen LogP contribution < -0.4 is 4.90 Å². The molecule has 0 radical (unpaired) electrons. The third-order valence-electron chi connectivity index (χ3n) is 3.58. The van der Waals surface area contributed by atoms with Gasteiger partial charge in [0.15, 0.2) is 5.69 Å². The Morgan fingerprint density at radius 1 is 1.19 bits per heavy atom. The average molecular weight is 291 g/mol. The summed E-state index contributed by atoms with van der Waals surface area (Å²) < 4.78 is 0. The smallest absolute Gasteiger partial charge is 0.354 e. The maximum absolute atomic E-state index is 12.1. The number of hydrogen-bond acceptors (Lipinski definition) is 4. The summed E-state index contributed by atoms with van der Waals surface area (Å²) in [6.45, 7) is 6.65. The van der Waals surface area contributed by atoms with Crippen molar-refractivity contribution in [2.75, 3.05) is 31.1 Å². The van der Waals surface area contributed by atoms with Crippen molar-refractivity contribution < 1.29 is 14.7 Å². The highest BCUT2D eigenvalue weighted by Gasteiger charge is 2.21. The molecule has 0 spiro atoms. The Morgan fingerprint density at radius 3 is 2.62 bits per heavy atom. The molecule has 6 nitrogen and oxygen atoms in total. The second-order valence-electron chi connectivity index (χ2n) is 5.51. The van der Waals surface area contributed by atoms with Gasteiger partial charge in [-0.15, -0.1) is 0 Å². The molecule has 1 aliphatic rings. The first kappa shape index (κ1) is 15.3. The molecule has 0 unspecified atom stereocenters. The van der Waals surface area contributed by atoms with Gasteiger partial charge in [0.1, 0.15) is 5.82 Å². The predicted molar refractivity (Wildman–Crippen MR) is 79.4 cm³/mol. The summed E-state index contributed by atoms with van der Waals surface area (Å²) in [5.74, 6) is -0.189. The Kier molecular flexibility index (Phi) is 4.77. The topological polar surface area (TPSA) is 73.7 Å². The molecule has 1 aromatic rings. The number of amides is 1. The maximum Gasteiger partial charge on any atom is 0.354 e. The molecule has 1 amide bonds. The lowest BCUT2D eigenvalue weighted by Gasteiger charge is -2.24. The summed E-state index contributed by atoms with van der Waals surface area (Å²) >= 11 is 0. The Labute approximate surface area is 124 Å². The van der Waals surface area contributed by atoms with Crippen LogP contribution in [0, 0.1) is 5.92 Å². The van der Waals surface area contributed by atoms with E-state index >= 15 is 0 Å². The molecule has 2 rings (SSSR count). The number of carbonyl (C=O) groups excluding carboxylic acids is 1. The van der Waals surface area contributed by atoms with E-state index in [1.807, 2.05) is 29.7 Å². The van der Waals surface area contributed by atoms with Gasteiger partial charge in [-0.1, -0.05) is 19.9 Å². The number of carboxylic acid groups (broad SMARTS) is 1. The van der Waals surface area contributed by atoms with Crippen LogP contribution in [0.1, 0.15) is 30.8 Å². The van der Waals surface area contributed by atoms with Crippen LogP contribution in [0.2, 0.25) is 0 Å². The number of aromatic carboxylic acids is 1. The van der Waals surface area contributed by atoms with Crippen LogP contribution in [-0.4, -0.2) is 53.0 Å². The molecule has 6 heteroatoms. The second-order valence-corrected chi connectivity index (χ2v) is 5.51. The molecule has 1 aromatic heterocycles. The number of anilines is 1. The van der Waals surface area contributed by atoms with Crippen LogP contribution in [0.4, 0.5) is 5.82 Å². The zero-order valence-electron chi connectivity index (χ0n) is 12.5. The Bertz CT molecular complexity index is 531. The summed E-state index contributed by atoms with van der Waals surface area (Å²) in [6, 6.07) is 5.00. The zero-order chi connectivity index (χ0) is 15.4. The van der Waals surface area contributed by atoms with Crippen LogP contribution in [0.5, 0.6) is 0 Å². The Balaban J connectivity index is 2.08. The van der Waals surface area contributed by atoms with E-state index in [0.29, 0.717) is 18.9 Å². The van der Waals surface area contributed by atoms with Crippen molar-refractivity contribution in [1.82, 2.24) is 9.88 Å². The van der Waals surface area contributed by atoms with E-state index in [1.54, 1.807) is 6.07 Å². The normalized spacial score (nSPS) is 16.0. The third-order valence-corrected chi connectivity index (χ3v) is 3.58. The average Bonchev–Trinajstić information content (AvgIpc) is 2.72. The van der Waals surface area contributed by atoms with Gasteiger partial charge in [-0.25, -0.2) is 9.78 Å². The van der Waals surface area contributed by atoms with Crippen LogP contribution in [0.25, 0.3) is 0 Å². The Morgan fingerprint density at radius 2 is 1.95 bits per heavy atom. The number of carboxylic acids is 1. The molecule has 21 heavy (non-hydrogen) atoms. The van der Waals surface area contributed by atoms with Crippen LogP contribution >= 0.6 is 0 Å². The number of carbonyl (C=O) groups is 2. The van der Waals surface area contributed by atoms with E-state index < -0.39 is 5.97 Å². The molecule has 1 aliphatic heterocycles. The molecular formula is C15H21N3O3. The van der Waals surface area contributed by atoms with Crippen molar-refractivity contribution in [1.29, 1.82) is 0 Å². The molecule has 1 saturated heterocycles. The lowest BCUT2D eigenvalue weighted by atomic mass is 10.2. The highest BCUT2D eigenvalue weighted by Crippen LogP contribution is 2.15. The summed E-state index contributed by atoms with van der Waals surface area (Å²) in [5.41, 5.74) is 0.0480. The van der Waals surface area contributed by atoms with Gasteiger partial charge >= 0.3 is 5.97 Å². The first-order valence-electron chi connectivity index (χ1n) is 7.23. The van der Waals surface area contributed by atoms with Crippen molar-refractivity contribution >= 4 is 17.7 Å². The summed E-state index contributed by atoms with van der Waals surface area (Å²) in [6.07, 6.45) is 0.859. The summed E-state index contributed by atoms with van der Waals surface area (Å²) in [5, 5.41) is 9.01. The molecule has 2 heterocycles. The number of aromatic nitrogens is 1. The monoisotopic (exact) mass is 291 g/mol. The van der Waals surface area contributed by atoms with Crippen LogP contribution in [0.15, 0.2) is 18.2 Å². The highest BCUT2D eigenvalue weighted by molar-refractivity contribution is 5.85. The van der Waals surface area contributed by atoms with Crippen molar-refractivity contribution in [3.63, 3.8) is 0 Å². The minimum atomic E-state index is -1.02. The standard InChI is InChI=1S/C15H21N3O3/c1-11(2)14(19)18-8-4-7-17(9-10-18)13-6-3-5-12(16-13)15(20)21/h3,5-6,11H,4,7-10H2,1-2H3,(H,20,21). The second kappa shape index (κ2) is 6.56. The molecule has 0 bridgehead atoms. The van der Waals surface area contributed by atoms with Gasteiger partial charge in [0.05, 0.1) is 0 Å². The Hall–Kier alpha value is -2.11. The zero-order valence-corrected chi connectivity index (χ0v) is 12.5. The van der Waals surface area contributed by atoms with Gasteiger partial charge in [-0.2, -0.15) is 0 Å². The molecule has 0 aromatic carbocycles. The summed E-state index contributed by atoms with van der Waals surface area (Å²) in [7, 11) is 0. The van der Waals surface area contributed by atoms with Gasteiger partial charge in [-0.05, 0) is 18.6 Å². The van der Waals surface area contributed by atoms with E-state index in [0.717, 1.165) is 19.5 Å². The minimum absolute atomic E-state index is 0.00464. The van der Waals surface area contributed by atoms with E-state index in [1.165, 1.54) is 6.07 Å².